The van der Waals surface area contributed by atoms with E-state index in [2.05, 4.69) is 9.97 Å². The molecule has 0 radical (unpaired) electrons. The van der Waals surface area contributed by atoms with Gasteiger partial charge < -0.3 is 15.6 Å². The Hall–Kier alpha value is -2.90. The van der Waals surface area contributed by atoms with Gasteiger partial charge in [0.25, 0.3) is 0 Å². The number of amides is 1. The molecule has 8 heteroatoms. The molecule has 1 atom stereocenters. The molecule has 1 amide bonds. The van der Waals surface area contributed by atoms with Crippen molar-refractivity contribution < 1.29 is 19.0 Å². The van der Waals surface area contributed by atoms with Gasteiger partial charge in [-0.15, -0.1) is 0 Å². The lowest BCUT2D eigenvalue weighted by atomic mass is 10.1. The van der Waals surface area contributed by atoms with E-state index in [1.165, 1.54) is 24.4 Å². The van der Waals surface area contributed by atoms with Gasteiger partial charge in [-0.1, -0.05) is 0 Å². The van der Waals surface area contributed by atoms with Crippen molar-refractivity contribution in [2.24, 2.45) is 0 Å². The van der Waals surface area contributed by atoms with Crippen molar-refractivity contribution in [2.45, 2.75) is 19.4 Å². The van der Waals surface area contributed by atoms with E-state index >= 15 is 0 Å². The number of carbonyl (C=O) groups is 1. The van der Waals surface area contributed by atoms with E-state index in [0.29, 0.717) is 11.3 Å². The Morgan fingerprint density at radius 3 is 2.95 bits per heavy atom. The molecular weight excluding hydrogens is 291 g/mol. The first-order chi connectivity index (χ1) is 10.5. The highest BCUT2D eigenvalue weighted by atomic mass is 19.1. The third kappa shape index (κ3) is 2.28. The summed E-state index contributed by atoms with van der Waals surface area (Å²) in [5.41, 5.74) is 6.10. The summed E-state index contributed by atoms with van der Waals surface area (Å²) in [6.07, 6.45) is 0.580. The van der Waals surface area contributed by atoms with Crippen molar-refractivity contribution in [3.8, 4) is 11.6 Å². The van der Waals surface area contributed by atoms with Crippen molar-refractivity contribution in [2.75, 3.05) is 10.6 Å². The zero-order valence-electron chi connectivity index (χ0n) is 11.7. The van der Waals surface area contributed by atoms with Gasteiger partial charge >= 0.3 is 6.09 Å². The van der Waals surface area contributed by atoms with Crippen LogP contribution in [-0.4, -0.2) is 27.2 Å². The normalized spacial score (nSPS) is 16.5. The van der Waals surface area contributed by atoms with Crippen molar-refractivity contribution in [3.05, 3.63) is 35.8 Å². The molecule has 1 unspecified atom stereocenters. The number of fused-ring (bicyclic) bond motifs is 1. The van der Waals surface area contributed by atoms with E-state index in [1.54, 1.807) is 6.92 Å². The van der Waals surface area contributed by atoms with Crippen LogP contribution in [0.4, 0.5) is 20.8 Å². The molecular formula is C14H13FN4O3. The lowest BCUT2D eigenvalue weighted by Crippen LogP contribution is -2.34. The molecule has 1 aliphatic heterocycles. The predicted molar refractivity (Wildman–Crippen MR) is 76.6 cm³/mol. The number of hydrogen-bond donors (Lipinski definition) is 2. The highest BCUT2D eigenvalue weighted by molar-refractivity contribution is 5.90. The number of nitrogens with two attached hydrogens (primary N) is 1. The maximum absolute atomic E-state index is 14.6. The molecule has 0 saturated carbocycles. The number of rotatable bonds is 2. The van der Waals surface area contributed by atoms with Crippen molar-refractivity contribution in [1.82, 2.24) is 9.97 Å². The number of carboxylic acid groups (broad SMARTS) is 1. The second-order valence-electron chi connectivity index (χ2n) is 4.94. The van der Waals surface area contributed by atoms with Gasteiger partial charge in [-0.2, -0.15) is 4.98 Å². The second-order valence-corrected chi connectivity index (χ2v) is 4.94. The van der Waals surface area contributed by atoms with Crippen LogP contribution in [0.5, 0.6) is 11.6 Å². The minimum Gasteiger partial charge on any atom is -0.465 e. The molecule has 0 aliphatic carbocycles. The molecule has 1 aromatic heterocycles. The summed E-state index contributed by atoms with van der Waals surface area (Å²) in [6.45, 7) is 1.72. The minimum absolute atomic E-state index is 0.0183. The number of hydrogen-bond acceptors (Lipinski definition) is 5. The standard InChI is InChI=1S/C14H13FN4O3/c1-7-6-8-9(19(7)14(20)21)2-3-10(12(8)15)22-11-4-5-17-13(16)18-11/h2-5,7H,6H2,1H3,(H,20,21)(H2,16,17,18). The molecule has 2 aromatic rings. The van der Waals surface area contributed by atoms with E-state index in [0.717, 1.165) is 4.90 Å². The van der Waals surface area contributed by atoms with Gasteiger partial charge in [0, 0.05) is 23.9 Å². The van der Waals surface area contributed by atoms with Crippen molar-refractivity contribution >= 4 is 17.7 Å². The monoisotopic (exact) mass is 304 g/mol. The number of halogens is 1. The third-order valence-corrected chi connectivity index (χ3v) is 3.45. The van der Waals surface area contributed by atoms with Crippen LogP contribution >= 0.6 is 0 Å². The number of nitrogen functional groups attached to an aromatic ring is 1. The first-order valence-corrected chi connectivity index (χ1v) is 6.57. The smallest absolute Gasteiger partial charge is 0.412 e. The van der Waals surface area contributed by atoms with E-state index < -0.39 is 11.9 Å². The molecule has 1 aromatic carbocycles. The zero-order valence-corrected chi connectivity index (χ0v) is 11.7. The van der Waals surface area contributed by atoms with E-state index in [4.69, 9.17) is 10.5 Å². The molecule has 0 bridgehead atoms. The van der Waals surface area contributed by atoms with E-state index in [9.17, 15) is 14.3 Å². The molecule has 22 heavy (non-hydrogen) atoms. The van der Waals surface area contributed by atoms with Crippen molar-refractivity contribution in [1.29, 1.82) is 0 Å². The quantitative estimate of drug-likeness (QED) is 0.883. The molecule has 114 valence electrons. The Bertz CT molecular complexity index is 753. The molecule has 3 rings (SSSR count). The molecule has 3 N–H and O–H groups in total. The summed E-state index contributed by atoms with van der Waals surface area (Å²) in [5.74, 6) is -0.487. The number of ether oxygens (including phenoxy) is 1. The minimum atomic E-state index is -1.11. The predicted octanol–water partition coefficient (Wildman–Crippen LogP) is 2.42. The van der Waals surface area contributed by atoms with Gasteiger partial charge in [-0.3, -0.25) is 4.90 Å². The fourth-order valence-corrected chi connectivity index (χ4v) is 2.53. The Labute approximate surface area is 125 Å². The fourth-order valence-electron chi connectivity index (χ4n) is 2.53. The Morgan fingerprint density at radius 1 is 1.50 bits per heavy atom. The Morgan fingerprint density at radius 2 is 2.27 bits per heavy atom. The fraction of sp³-hybridized carbons (Fsp3) is 0.214. The molecule has 7 nitrogen and oxygen atoms in total. The van der Waals surface area contributed by atoms with Crippen LogP contribution in [0.2, 0.25) is 0 Å². The van der Waals surface area contributed by atoms with E-state index in [-0.39, 0.29) is 30.0 Å². The Balaban J connectivity index is 1.97. The molecule has 0 saturated heterocycles. The first kappa shape index (κ1) is 14.1. The molecule has 1 aliphatic rings. The van der Waals surface area contributed by atoms with Crippen LogP contribution in [0.1, 0.15) is 12.5 Å². The van der Waals surface area contributed by atoms with Gasteiger partial charge in [-0.25, -0.2) is 14.2 Å². The van der Waals surface area contributed by atoms with Gasteiger partial charge in [0.05, 0.1) is 5.69 Å². The number of benzene rings is 1. The SMILES string of the molecule is CC1Cc2c(ccc(Oc3ccnc(N)n3)c2F)N1C(=O)O. The van der Waals surface area contributed by atoms with Crippen LogP contribution in [0, 0.1) is 5.82 Å². The van der Waals surface area contributed by atoms with Gasteiger partial charge in [0.15, 0.2) is 11.6 Å². The van der Waals surface area contributed by atoms with Gasteiger partial charge in [0.2, 0.25) is 11.8 Å². The average Bonchev–Trinajstić information content (AvgIpc) is 2.79. The van der Waals surface area contributed by atoms with Crippen LogP contribution in [-0.2, 0) is 6.42 Å². The number of aromatic nitrogens is 2. The summed E-state index contributed by atoms with van der Waals surface area (Å²) in [4.78, 5) is 19.9. The average molecular weight is 304 g/mol. The first-order valence-electron chi connectivity index (χ1n) is 6.57. The maximum atomic E-state index is 14.6. The van der Waals surface area contributed by atoms with Gasteiger partial charge in [0.1, 0.15) is 0 Å². The Kier molecular flexibility index (Phi) is 3.28. The van der Waals surface area contributed by atoms with Crippen molar-refractivity contribution in [3.63, 3.8) is 0 Å². The van der Waals surface area contributed by atoms with Gasteiger partial charge in [-0.05, 0) is 25.5 Å². The summed E-state index contributed by atoms with van der Waals surface area (Å²) >= 11 is 0. The molecule has 0 spiro atoms. The summed E-state index contributed by atoms with van der Waals surface area (Å²) in [6, 6.07) is 4.03. The van der Waals surface area contributed by atoms with Crippen LogP contribution in [0.15, 0.2) is 24.4 Å². The maximum Gasteiger partial charge on any atom is 0.412 e. The number of anilines is 2. The lowest BCUT2D eigenvalue weighted by molar-refractivity contribution is 0.200. The topological polar surface area (TPSA) is 102 Å². The third-order valence-electron chi connectivity index (χ3n) is 3.45. The van der Waals surface area contributed by atoms with Crippen LogP contribution in [0.25, 0.3) is 0 Å². The van der Waals surface area contributed by atoms with E-state index in [1.807, 2.05) is 0 Å². The van der Waals surface area contributed by atoms with Crippen LogP contribution in [0.3, 0.4) is 0 Å². The van der Waals surface area contributed by atoms with Crippen LogP contribution < -0.4 is 15.4 Å². The lowest BCUT2D eigenvalue weighted by Gasteiger charge is -2.18. The largest absolute Gasteiger partial charge is 0.465 e. The molecule has 0 fully saturated rings. The summed E-state index contributed by atoms with van der Waals surface area (Å²) in [7, 11) is 0. The summed E-state index contributed by atoms with van der Waals surface area (Å²) < 4.78 is 19.9. The second kappa shape index (κ2) is 5.14. The highest BCUT2D eigenvalue weighted by Crippen LogP contribution is 2.38. The highest BCUT2D eigenvalue weighted by Gasteiger charge is 2.34. The summed E-state index contributed by atoms with van der Waals surface area (Å²) in [5, 5.41) is 9.20. The zero-order chi connectivity index (χ0) is 15.9. The molecule has 2 heterocycles. The number of nitrogens with zero attached hydrogens (tertiary/aromatic N) is 3.